The maximum atomic E-state index is 6.13. The van der Waals surface area contributed by atoms with Crippen molar-refractivity contribution < 1.29 is 9.47 Å². The van der Waals surface area contributed by atoms with Gasteiger partial charge in [-0.05, 0) is 25.3 Å². The topological polar surface area (TPSA) is 47.5 Å². The standard InChI is InChI=1S/C18H23N3O2S/c1-22-18-6-5-14(23-16-4-2-3-8-19-16)12-15(18)21(10-7-18)13-17-20-9-11-24-17/h2-4,8-9,11,14-15H,5-7,10,12-13H2,1H3/t14-,15+,18-/m1/s1. The molecule has 3 heterocycles. The summed E-state index contributed by atoms with van der Waals surface area (Å²) in [7, 11) is 1.86. The van der Waals surface area contributed by atoms with Gasteiger partial charge < -0.3 is 9.47 Å². The quantitative estimate of drug-likeness (QED) is 0.833. The van der Waals surface area contributed by atoms with E-state index in [1.54, 1.807) is 17.5 Å². The molecule has 2 aliphatic rings. The van der Waals surface area contributed by atoms with E-state index in [2.05, 4.69) is 14.9 Å². The average molecular weight is 345 g/mol. The van der Waals surface area contributed by atoms with E-state index in [9.17, 15) is 0 Å². The molecule has 4 rings (SSSR count). The molecule has 0 amide bonds. The molecule has 0 unspecified atom stereocenters. The third kappa shape index (κ3) is 3.06. The molecule has 24 heavy (non-hydrogen) atoms. The van der Waals surface area contributed by atoms with Crippen LogP contribution in [0.1, 0.15) is 30.7 Å². The third-order valence-corrected chi connectivity index (χ3v) is 6.16. The lowest BCUT2D eigenvalue weighted by molar-refractivity contribution is -0.0843. The highest BCUT2D eigenvalue weighted by atomic mass is 32.1. The van der Waals surface area contributed by atoms with Crippen LogP contribution < -0.4 is 4.74 Å². The van der Waals surface area contributed by atoms with E-state index in [0.29, 0.717) is 6.04 Å². The Morgan fingerprint density at radius 3 is 3.00 bits per heavy atom. The SMILES string of the molecule is CO[C@@]12CC[C@@H](Oc3ccccn3)C[C@@H]1N(Cc1nccs1)CC2. The predicted octanol–water partition coefficient (Wildman–Crippen LogP) is 3.13. The summed E-state index contributed by atoms with van der Waals surface area (Å²) in [4.78, 5) is 11.3. The summed E-state index contributed by atoms with van der Waals surface area (Å²) >= 11 is 1.72. The molecule has 1 aliphatic carbocycles. The van der Waals surface area contributed by atoms with Gasteiger partial charge in [0.05, 0.1) is 12.1 Å². The van der Waals surface area contributed by atoms with Crippen LogP contribution in [0.15, 0.2) is 36.0 Å². The van der Waals surface area contributed by atoms with E-state index in [0.717, 1.165) is 44.7 Å². The summed E-state index contributed by atoms with van der Waals surface area (Å²) in [5, 5.41) is 3.22. The molecule has 5 nitrogen and oxygen atoms in total. The number of hydrogen-bond donors (Lipinski definition) is 0. The highest BCUT2D eigenvalue weighted by Gasteiger charge is 2.51. The van der Waals surface area contributed by atoms with Crippen molar-refractivity contribution in [3.63, 3.8) is 0 Å². The minimum absolute atomic E-state index is 0.0266. The first-order valence-corrected chi connectivity index (χ1v) is 9.42. The molecule has 0 aromatic carbocycles. The van der Waals surface area contributed by atoms with E-state index < -0.39 is 0 Å². The van der Waals surface area contributed by atoms with Gasteiger partial charge in [-0.3, -0.25) is 4.90 Å². The Morgan fingerprint density at radius 2 is 2.25 bits per heavy atom. The minimum atomic E-state index is -0.0266. The number of ether oxygens (including phenoxy) is 2. The van der Waals surface area contributed by atoms with E-state index in [-0.39, 0.29) is 11.7 Å². The monoisotopic (exact) mass is 345 g/mol. The van der Waals surface area contributed by atoms with Gasteiger partial charge in [0.25, 0.3) is 0 Å². The van der Waals surface area contributed by atoms with Gasteiger partial charge in [-0.15, -0.1) is 11.3 Å². The highest BCUT2D eigenvalue weighted by molar-refractivity contribution is 7.09. The molecule has 0 spiro atoms. The molecule has 0 N–H and O–H groups in total. The molecule has 1 saturated carbocycles. The molecular weight excluding hydrogens is 322 g/mol. The van der Waals surface area contributed by atoms with Crippen LogP contribution in [0.4, 0.5) is 0 Å². The number of aromatic nitrogens is 2. The Balaban J connectivity index is 1.48. The normalized spacial score (nSPS) is 30.2. The van der Waals surface area contributed by atoms with Crippen molar-refractivity contribution in [3.05, 3.63) is 41.0 Å². The number of methoxy groups -OCH3 is 1. The third-order valence-electron chi connectivity index (χ3n) is 5.40. The first kappa shape index (κ1) is 16.0. The van der Waals surface area contributed by atoms with Crippen molar-refractivity contribution in [1.29, 1.82) is 0 Å². The summed E-state index contributed by atoms with van der Waals surface area (Å²) in [6.45, 7) is 1.97. The molecule has 1 aliphatic heterocycles. The number of rotatable bonds is 5. The summed E-state index contributed by atoms with van der Waals surface area (Å²) < 4.78 is 12.2. The lowest BCUT2D eigenvalue weighted by Crippen LogP contribution is -2.52. The van der Waals surface area contributed by atoms with Crippen LogP contribution in [0.5, 0.6) is 5.88 Å². The molecule has 128 valence electrons. The van der Waals surface area contributed by atoms with Crippen LogP contribution in [0, 0.1) is 0 Å². The van der Waals surface area contributed by atoms with Crippen molar-refractivity contribution in [2.45, 2.75) is 50.0 Å². The van der Waals surface area contributed by atoms with Crippen molar-refractivity contribution in [2.75, 3.05) is 13.7 Å². The zero-order chi connectivity index (χ0) is 16.4. The molecule has 6 heteroatoms. The molecular formula is C18H23N3O2S. The lowest BCUT2D eigenvalue weighted by atomic mass is 9.79. The fraction of sp³-hybridized carbons (Fsp3) is 0.556. The smallest absolute Gasteiger partial charge is 0.213 e. The molecule has 0 radical (unpaired) electrons. The number of thiazole rings is 1. The zero-order valence-electron chi connectivity index (χ0n) is 13.9. The minimum Gasteiger partial charge on any atom is -0.474 e. The summed E-state index contributed by atoms with van der Waals surface area (Å²) in [5.41, 5.74) is -0.0266. The van der Waals surface area contributed by atoms with Crippen LogP contribution >= 0.6 is 11.3 Å². The number of nitrogens with zero attached hydrogens (tertiary/aromatic N) is 3. The van der Waals surface area contributed by atoms with Gasteiger partial charge in [-0.25, -0.2) is 9.97 Å². The Hall–Kier alpha value is -1.50. The molecule has 2 aromatic heterocycles. The predicted molar refractivity (Wildman–Crippen MR) is 93.2 cm³/mol. The van der Waals surface area contributed by atoms with Gasteiger partial charge in [-0.1, -0.05) is 6.07 Å². The second-order valence-corrected chi connectivity index (χ2v) is 7.59. The van der Waals surface area contributed by atoms with Crippen LogP contribution in [0.25, 0.3) is 0 Å². The number of hydrogen-bond acceptors (Lipinski definition) is 6. The molecule has 2 fully saturated rings. The second-order valence-electron chi connectivity index (χ2n) is 6.61. The number of pyridine rings is 1. The average Bonchev–Trinajstić information content (AvgIpc) is 3.25. The van der Waals surface area contributed by atoms with Crippen molar-refractivity contribution in [2.24, 2.45) is 0 Å². The van der Waals surface area contributed by atoms with Gasteiger partial charge in [0.2, 0.25) is 5.88 Å². The first-order valence-electron chi connectivity index (χ1n) is 8.54. The second kappa shape index (κ2) is 6.78. The van der Waals surface area contributed by atoms with E-state index in [1.165, 1.54) is 5.01 Å². The number of likely N-dealkylation sites (tertiary alicyclic amines) is 1. The largest absolute Gasteiger partial charge is 0.474 e. The number of fused-ring (bicyclic) bond motifs is 1. The van der Waals surface area contributed by atoms with E-state index in [4.69, 9.17) is 9.47 Å². The first-order chi connectivity index (χ1) is 11.8. The Morgan fingerprint density at radius 1 is 1.29 bits per heavy atom. The van der Waals surface area contributed by atoms with Crippen molar-refractivity contribution in [3.8, 4) is 5.88 Å². The lowest BCUT2D eigenvalue weighted by Gasteiger charge is -2.43. The fourth-order valence-corrected chi connectivity index (χ4v) is 4.79. The van der Waals surface area contributed by atoms with Crippen molar-refractivity contribution in [1.82, 2.24) is 14.9 Å². The van der Waals surface area contributed by atoms with Gasteiger partial charge in [0.15, 0.2) is 0 Å². The fourth-order valence-electron chi connectivity index (χ4n) is 4.14. The highest BCUT2D eigenvalue weighted by Crippen LogP contribution is 2.43. The summed E-state index contributed by atoms with van der Waals surface area (Å²) in [6, 6.07) is 6.19. The Kier molecular flexibility index (Phi) is 4.52. The molecule has 1 saturated heterocycles. The van der Waals surface area contributed by atoms with Crippen LogP contribution in [-0.4, -0.2) is 46.3 Å². The maximum Gasteiger partial charge on any atom is 0.213 e. The Labute approximate surface area is 146 Å². The summed E-state index contributed by atoms with van der Waals surface area (Å²) in [6.07, 6.45) is 8.00. The van der Waals surface area contributed by atoms with Gasteiger partial charge in [0, 0.05) is 50.0 Å². The molecule has 3 atom stereocenters. The van der Waals surface area contributed by atoms with Gasteiger partial charge >= 0.3 is 0 Å². The molecule has 2 aromatic rings. The van der Waals surface area contributed by atoms with Crippen LogP contribution in [-0.2, 0) is 11.3 Å². The van der Waals surface area contributed by atoms with E-state index >= 15 is 0 Å². The van der Waals surface area contributed by atoms with Gasteiger partial charge in [0.1, 0.15) is 11.1 Å². The maximum absolute atomic E-state index is 6.13. The van der Waals surface area contributed by atoms with Gasteiger partial charge in [-0.2, -0.15) is 0 Å². The van der Waals surface area contributed by atoms with Crippen molar-refractivity contribution >= 4 is 11.3 Å². The summed E-state index contributed by atoms with van der Waals surface area (Å²) in [5.74, 6) is 0.719. The molecule has 0 bridgehead atoms. The Bertz CT molecular complexity index is 652. The zero-order valence-corrected chi connectivity index (χ0v) is 14.7. The van der Waals surface area contributed by atoms with Crippen LogP contribution in [0.2, 0.25) is 0 Å². The van der Waals surface area contributed by atoms with E-state index in [1.807, 2.05) is 36.9 Å². The van der Waals surface area contributed by atoms with Crippen LogP contribution in [0.3, 0.4) is 0 Å².